The molecular weight excluding hydrogens is 218 g/mol. The second-order valence-electron chi connectivity index (χ2n) is 3.57. The van der Waals surface area contributed by atoms with Crippen LogP contribution in [0.15, 0.2) is 6.07 Å². The van der Waals surface area contributed by atoms with Crippen molar-refractivity contribution in [1.29, 1.82) is 0 Å². The van der Waals surface area contributed by atoms with E-state index in [1.54, 1.807) is 11.3 Å². The van der Waals surface area contributed by atoms with Gasteiger partial charge in [-0.25, -0.2) is 8.42 Å². The Labute approximate surface area is 88.9 Å². The molecule has 3 nitrogen and oxygen atoms in total. The molecule has 1 aromatic rings. The van der Waals surface area contributed by atoms with Crippen LogP contribution in [-0.2, 0) is 9.84 Å². The van der Waals surface area contributed by atoms with Crippen molar-refractivity contribution < 1.29 is 8.42 Å². The first-order valence-corrected chi connectivity index (χ1v) is 7.17. The average Bonchev–Trinajstić information content (AvgIpc) is 2.26. The number of aryl methyl sites for hydroxylation is 2. The van der Waals surface area contributed by atoms with Crippen molar-refractivity contribution in [3.63, 3.8) is 0 Å². The fourth-order valence-corrected chi connectivity index (χ4v) is 3.26. The zero-order valence-electron chi connectivity index (χ0n) is 8.57. The van der Waals surface area contributed by atoms with Gasteiger partial charge in [0, 0.05) is 22.1 Å². The fraction of sp³-hybridized carbons (Fsp3) is 0.556. The Hall–Kier alpha value is -0.390. The quantitative estimate of drug-likeness (QED) is 0.858. The van der Waals surface area contributed by atoms with Crippen LogP contribution in [0.4, 0.5) is 0 Å². The van der Waals surface area contributed by atoms with Crippen LogP contribution in [0.3, 0.4) is 0 Å². The number of thiophene rings is 1. The molecule has 1 rings (SSSR count). The normalized spacial score (nSPS) is 14.3. The van der Waals surface area contributed by atoms with E-state index in [0.29, 0.717) is 0 Å². The van der Waals surface area contributed by atoms with Crippen molar-refractivity contribution in [2.24, 2.45) is 5.73 Å². The monoisotopic (exact) mass is 233 g/mol. The molecule has 0 aliphatic rings. The van der Waals surface area contributed by atoms with Crippen LogP contribution in [0.25, 0.3) is 0 Å². The third-order valence-electron chi connectivity index (χ3n) is 1.96. The Morgan fingerprint density at radius 2 is 2.07 bits per heavy atom. The summed E-state index contributed by atoms with van der Waals surface area (Å²) in [6.45, 7) is 3.96. The molecule has 0 amide bonds. The molecule has 2 N–H and O–H groups in total. The van der Waals surface area contributed by atoms with Gasteiger partial charge in [-0.3, -0.25) is 0 Å². The minimum atomic E-state index is -3.00. The molecule has 5 heteroatoms. The minimum absolute atomic E-state index is 0.0179. The highest BCUT2D eigenvalue weighted by Gasteiger charge is 2.16. The second-order valence-corrected chi connectivity index (χ2v) is 7.21. The lowest BCUT2D eigenvalue weighted by atomic mass is 10.1. The molecule has 0 saturated carbocycles. The van der Waals surface area contributed by atoms with Crippen molar-refractivity contribution in [3.05, 3.63) is 21.4 Å². The van der Waals surface area contributed by atoms with Crippen LogP contribution in [0.5, 0.6) is 0 Å². The molecule has 0 fully saturated rings. The Morgan fingerprint density at radius 1 is 1.50 bits per heavy atom. The third kappa shape index (κ3) is 3.08. The maximum Gasteiger partial charge on any atom is 0.149 e. The summed E-state index contributed by atoms with van der Waals surface area (Å²) in [6.07, 6.45) is 1.21. The predicted molar refractivity (Wildman–Crippen MR) is 60.4 cm³/mol. The number of hydrogen-bond acceptors (Lipinski definition) is 4. The van der Waals surface area contributed by atoms with Gasteiger partial charge in [0.2, 0.25) is 0 Å². The van der Waals surface area contributed by atoms with E-state index < -0.39 is 15.9 Å². The van der Waals surface area contributed by atoms with Crippen LogP contribution in [0, 0.1) is 13.8 Å². The van der Waals surface area contributed by atoms with Crippen LogP contribution in [0.2, 0.25) is 0 Å². The van der Waals surface area contributed by atoms with Crippen molar-refractivity contribution in [2.75, 3.05) is 12.0 Å². The van der Waals surface area contributed by atoms with Gasteiger partial charge in [0.05, 0.1) is 5.75 Å². The van der Waals surface area contributed by atoms with Crippen molar-refractivity contribution in [2.45, 2.75) is 19.9 Å². The molecule has 0 aliphatic carbocycles. The van der Waals surface area contributed by atoms with Crippen molar-refractivity contribution in [1.82, 2.24) is 0 Å². The molecule has 1 aromatic heterocycles. The van der Waals surface area contributed by atoms with E-state index in [9.17, 15) is 8.42 Å². The molecule has 80 valence electrons. The van der Waals surface area contributed by atoms with E-state index >= 15 is 0 Å². The predicted octanol–water partition coefficient (Wildman–Crippen LogP) is 1.41. The molecule has 0 saturated heterocycles. The van der Waals surface area contributed by atoms with Gasteiger partial charge in [-0.2, -0.15) is 0 Å². The van der Waals surface area contributed by atoms with Gasteiger partial charge in [0.1, 0.15) is 9.84 Å². The van der Waals surface area contributed by atoms with E-state index in [0.717, 1.165) is 10.4 Å². The summed E-state index contributed by atoms with van der Waals surface area (Å²) in [5.74, 6) is 0.0179. The zero-order valence-corrected chi connectivity index (χ0v) is 10.2. The molecule has 1 atom stereocenters. The summed E-state index contributed by atoms with van der Waals surface area (Å²) in [4.78, 5) is 2.28. The molecule has 0 spiro atoms. The second kappa shape index (κ2) is 4.00. The minimum Gasteiger partial charge on any atom is -0.323 e. The van der Waals surface area contributed by atoms with Crippen LogP contribution in [-0.4, -0.2) is 20.4 Å². The molecule has 1 unspecified atom stereocenters. The lowest BCUT2D eigenvalue weighted by molar-refractivity contribution is 0.594. The Bertz CT molecular complexity index is 420. The Balaban J connectivity index is 2.90. The van der Waals surface area contributed by atoms with E-state index in [1.165, 1.54) is 11.1 Å². The number of hydrogen-bond donors (Lipinski definition) is 1. The molecular formula is C9H15NO2S2. The van der Waals surface area contributed by atoms with Gasteiger partial charge in [0.15, 0.2) is 0 Å². The molecule has 0 radical (unpaired) electrons. The van der Waals surface area contributed by atoms with Gasteiger partial charge in [-0.15, -0.1) is 11.3 Å². The van der Waals surface area contributed by atoms with Gasteiger partial charge in [0.25, 0.3) is 0 Å². The van der Waals surface area contributed by atoms with E-state index in [4.69, 9.17) is 5.73 Å². The number of nitrogens with two attached hydrogens (primary N) is 1. The maximum atomic E-state index is 11.1. The fourth-order valence-electron chi connectivity index (χ4n) is 1.43. The Kier molecular flexibility index (Phi) is 3.34. The smallest absolute Gasteiger partial charge is 0.149 e. The van der Waals surface area contributed by atoms with Gasteiger partial charge < -0.3 is 5.73 Å². The summed E-state index contributed by atoms with van der Waals surface area (Å²) >= 11 is 1.65. The molecule has 1 heterocycles. The summed E-state index contributed by atoms with van der Waals surface area (Å²) in [5.41, 5.74) is 6.78. The molecule has 14 heavy (non-hydrogen) atoms. The van der Waals surface area contributed by atoms with E-state index in [-0.39, 0.29) is 5.75 Å². The third-order valence-corrected chi connectivity index (χ3v) is 3.91. The molecule has 0 aliphatic heterocycles. The Morgan fingerprint density at radius 3 is 2.43 bits per heavy atom. The standard InChI is InChI=1S/C9H15NO2S2/c1-6-4-8(7(2)13-6)9(10)5-14(3,11)12/h4,9H,5,10H2,1-3H3. The largest absolute Gasteiger partial charge is 0.323 e. The molecule has 0 bridgehead atoms. The zero-order chi connectivity index (χ0) is 10.9. The number of sulfone groups is 1. The first-order valence-electron chi connectivity index (χ1n) is 4.30. The SMILES string of the molecule is Cc1cc(C(N)CS(C)(=O)=O)c(C)s1. The molecule has 0 aromatic carbocycles. The average molecular weight is 233 g/mol. The van der Waals surface area contributed by atoms with E-state index in [1.807, 2.05) is 19.9 Å². The summed E-state index contributed by atoms with van der Waals surface area (Å²) in [5, 5.41) is 0. The summed E-state index contributed by atoms with van der Waals surface area (Å²) in [7, 11) is -3.00. The van der Waals surface area contributed by atoms with Crippen molar-refractivity contribution >= 4 is 21.2 Å². The summed E-state index contributed by atoms with van der Waals surface area (Å²) in [6, 6.07) is 1.57. The van der Waals surface area contributed by atoms with Crippen LogP contribution < -0.4 is 5.73 Å². The lowest BCUT2D eigenvalue weighted by Gasteiger charge is -2.09. The number of rotatable bonds is 3. The van der Waals surface area contributed by atoms with Crippen molar-refractivity contribution in [3.8, 4) is 0 Å². The topological polar surface area (TPSA) is 60.2 Å². The maximum absolute atomic E-state index is 11.1. The van der Waals surface area contributed by atoms with Gasteiger partial charge in [-0.1, -0.05) is 0 Å². The van der Waals surface area contributed by atoms with Gasteiger partial charge >= 0.3 is 0 Å². The summed E-state index contributed by atoms with van der Waals surface area (Å²) < 4.78 is 22.1. The lowest BCUT2D eigenvalue weighted by Crippen LogP contribution is -2.20. The van der Waals surface area contributed by atoms with E-state index in [2.05, 4.69) is 0 Å². The highest BCUT2D eigenvalue weighted by molar-refractivity contribution is 7.90. The first kappa shape index (κ1) is 11.7. The first-order chi connectivity index (χ1) is 6.29. The highest BCUT2D eigenvalue weighted by atomic mass is 32.2. The van der Waals surface area contributed by atoms with Crippen LogP contribution in [0.1, 0.15) is 21.4 Å². The highest BCUT2D eigenvalue weighted by Crippen LogP contribution is 2.25. The van der Waals surface area contributed by atoms with Crippen LogP contribution >= 0.6 is 11.3 Å². The van der Waals surface area contributed by atoms with Gasteiger partial charge in [-0.05, 0) is 25.5 Å².